The van der Waals surface area contributed by atoms with Crippen molar-refractivity contribution in [3.8, 4) is 0 Å². The summed E-state index contributed by atoms with van der Waals surface area (Å²) in [6.45, 7) is 4.07. The van der Waals surface area contributed by atoms with E-state index in [-0.39, 0.29) is 12.1 Å². The van der Waals surface area contributed by atoms with Gasteiger partial charge in [-0.15, -0.1) is 0 Å². The van der Waals surface area contributed by atoms with Gasteiger partial charge in [-0.3, -0.25) is 0 Å². The summed E-state index contributed by atoms with van der Waals surface area (Å²) in [6, 6.07) is 7.98. The first-order valence-corrected chi connectivity index (χ1v) is 5.79. The third-order valence-corrected chi connectivity index (χ3v) is 2.96. The zero-order chi connectivity index (χ0) is 11.5. The summed E-state index contributed by atoms with van der Waals surface area (Å²) in [4.78, 5) is 11.6. The summed E-state index contributed by atoms with van der Waals surface area (Å²) in [5.41, 5.74) is 1.99. The second-order valence-corrected chi connectivity index (χ2v) is 4.59. The van der Waals surface area contributed by atoms with Gasteiger partial charge in [0.05, 0.1) is 0 Å². The number of hydrogen-bond acceptors (Lipinski definition) is 1. The SMILES string of the molecule is Cc1cccc(NC(=O)N[C@H](C)C2CC2)c1. The van der Waals surface area contributed by atoms with E-state index in [0.29, 0.717) is 5.92 Å². The summed E-state index contributed by atoms with van der Waals surface area (Å²) >= 11 is 0. The first-order chi connectivity index (χ1) is 7.65. The number of carbonyl (C=O) groups excluding carboxylic acids is 1. The van der Waals surface area contributed by atoms with Crippen molar-refractivity contribution in [1.29, 1.82) is 0 Å². The third-order valence-electron chi connectivity index (χ3n) is 2.96. The van der Waals surface area contributed by atoms with Crippen molar-refractivity contribution in [3.63, 3.8) is 0 Å². The molecule has 1 fully saturated rings. The molecule has 86 valence electrons. The Morgan fingerprint density at radius 1 is 1.44 bits per heavy atom. The van der Waals surface area contributed by atoms with Gasteiger partial charge in [0.2, 0.25) is 0 Å². The molecule has 2 rings (SSSR count). The molecule has 3 nitrogen and oxygen atoms in total. The van der Waals surface area contributed by atoms with Crippen LogP contribution in [0.2, 0.25) is 0 Å². The molecule has 16 heavy (non-hydrogen) atoms. The lowest BCUT2D eigenvalue weighted by molar-refractivity contribution is 0.248. The van der Waals surface area contributed by atoms with Gasteiger partial charge in [-0.05, 0) is 50.3 Å². The smallest absolute Gasteiger partial charge is 0.319 e. The zero-order valence-electron chi connectivity index (χ0n) is 9.79. The third kappa shape index (κ3) is 2.99. The molecule has 0 spiro atoms. The van der Waals surface area contributed by atoms with Crippen LogP contribution in [0, 0.1) is 12.8 Å². The fourth-order valence-corrected chi connectivity index (χ4v) is 1.81. The van der Waals surface area contributed by atoms with E-state index >= 15 is 0 Å². The van der Waals surface area contributed by atoms with Gasteiger partial charge in [0.25, 0.3) is 0 Å². The van der Waals surface area contributed by atoms with Crippen molar-refractivity contribution in [2.24, 2.45) is 5.92 Å². The van der Waals surface area contributed by atoms with Gasteiger partial charge in [-0.1, -0.05) is 12.1 Å². The largest absolute Gasteiger partial charge is 0.335 e. The summed E-state index contributed by atoms with van der Waals surface area (Å²) in [6.07, 6.45) is 2.48. The quantitative estimate of drug-likeness (QED) is 0.804. The Labute approximate surface area is 96.2 Å². The topological polar surface area (TPSA) is 41.1 Å². The van der Waals surface area contributed by atoms with Crippen LogP contribution >= 0.6 is 0 Å². The highest BCUT2D eigenvalue weighted by Gasteiger charge is 2.28. The van der Waals surface area contributed by atoms with Crippen LogP contribution in [0.4, 0.5) is 10.5 Å². The summed E-state index contributed by atoms with van der Waals surface area (Å²) in [7, 11) is 0. The van der Waals surface area contributed by atoms with Crippen molar-refractivity contribution in [3.05, 3.63) is 29.8 Å². The molecule has 0 bridgehead atoms. The standard InChI is InChI=1S/C13H18N2O/c1-9-4-3-5-12(8-9)15-13(16)14-10(2)11-6-7-11/h3-5,8,10-11H,6-7H2,1-2H3,(H2,14,15,16)/t10-/m1/s1. The van der Waals surface area contributed by atoms with E-state index in [1.807, 2.05) is 31.2 Å². The molecule has 0 aliphatic heterocycles. The van der Waals surface area contributed by atoms with Gasteiger partial charge in [0.1, 0.15) is 0 Å². The molecule has 0 unspecified atom stereocenters. The molecule has 1 atom stereocenters. The van der Waals surface area contributed by atoms with Gasteiger partial charge in [-0.25, -0.2) is 4.79 Å². The van der Waals surface area contributed by atoms with Crippen LogP contribution in [0.1, 0.15) is 25.3 Å². The maximum atomic E-state index is 11.6. The Balaban J connectivity index is 1.86. The highest BCUT2D eigenvalue weighted by atomic mass is 16.2. The van der Waals surface area contributed by atoms with Crippen LogP contribution in [-0.2, 0) is 0 Å². The molecule has 0 heterocycles. The molecule has 2 amide bonds. The predicted octanol–water partition coefficient (Wildman–Crippen LogP) is 2.92. The molecule has 2 N–H and O–H groups in total. The lowest BCUT2D eigenvalue weighted by atomic mass is 10.2. The van der Waals surface area contributed by atoms with Gasteiger partial charge in [0.15, 0.2) is 0 Å². The van der Waals surface area contributed by atoms with E-state index in [0.717, 1.165) is 11.3 Å². The number of hydrogen-bond donors (Lipinski definition) is 2. The average molecular weight is 218 g/mol. The van der Waals surface area contributed by atoms with Crippen LogP contribution in [0.25, 0.3) is 0 Å². The maximum absolute atomic E-state index is 11.6. The number of nitrogens with one attached hydrogen (secondary N) is 2. The van der Waals surface area contributed by atoms with Crippen LogP contribution < -0.4 is 10.6 Å². The highest BCUT2D eigenvalue weighted by molar-refractivity contribution is 5.89. The van der Waals surface area contributed by atoms with Gasteiger partial charge >= 0.3 is 6.03 Å². The first-order valence-electron chi connectivity index (χ1n) is 5.79. The fraction of sp³-hybridized carbons (Fsp3) is 0.462. The van der Waals surface area contributed by atoms with Crippen molar-refractivity contribution < 1.29 is 4.79 Å². The van der Waals surface area contributed by atoms with Crippen molar-refractivity contribution >= 4 is 11.7 Å². The number of amides is 2. The highest BCUT2D eigenvalue weighted by Crippen LogP contribution is 2.32. The fourth-order valence-electron chi connectivity index (χ4n) is 1.81. The number of rotatable bonds is 3. The van der Waals surface area contributed by atoms with E-state index in [1.54, 1.807) is 0 Å². The molecule has 0 radical (unpaired) electrons. The number of urea groups is 1. The van der Waals surface area contributed by atoms with Crippen LogP contribution in [0.5, 0.6) is 0 Å². The number of carbonyl (C=O) groups is 1. The van der Waals surface area contributed by atoms with Crippen molar-refractivity contribution in [2.45, 2.75) is 32.7 Å². The van der Waals surface area contributed by atoms with E-state index < -0.39 is 0 Å². The van der Waals surface area contributed by atoms with E-state index in [1.165, 1.54) is 12.8 Å². The molecule has 0 saturated heterocycles. The number of aryl methyl sites for hydroxylation is 1. The minimum absolute atomic E-state index is 0.106. The minimum Gasteiger partial charge on any atom is -0.335 e. The molecular weight excluding hydrogens is 200 g/mol. The average Bonchev–Trinajstić information content (AvgIpc) is 2.99. The molecule has 1 aromatic rings. The lowest BCUT2D eigenvalue weighted by Gasteiger charge is -2.13. The van der Waals surface area contributed by atoms with Crippen LogP contribution in [-0.4, -0.2) is 12.1 Å². The predicted molar refractivity (Wildman–Crippen MR) is 65.5 cm³/mol. The molecule has 1 aliphatic carbocycles. The second kappa shape index (κ2) is 4.56. The second-order valence-electron chi connectivity index (χ2n) is 4.59. The summed E-state index contributed by atoms with van der Waals surface area (Å²) in [5, 5.41) is 5.81. The normalized spacial score (nSPS) is 16.6. The molecular formula is C13H18N2O. The Morgan fingerprint density at radius 3 is 2.81 bits per heavy atom. The summed E-state index contributed by atoms with van der Waals surface area (Å²) < 4.78 is 0. The van der Waals surface area contributed by atoms with Gasteiger partial charge in [-0.2, -0.15) is 0 Å². The molecule has 3 heteroatoms. The van der Waals surface area contributed by atoms with Crippen LogP contribution in [0.15, 0.2) is 24.3 Å². The van der Waals surface area contributed by atoms with E-state index in [2.05, 4.69) is 17.6 Å². The van der Waals surface area contributed by atoms with Crippen molar-refractivity contribution in [2.75, 3.05) is 5.32 Å². The van der Waals surface area contributed by atoms with E-state index in [9.17, 15) is 4.79 Å². The molecule has 1 aliphatic rings. The first kappa shape index (κ1) is 11.0. The monoisotopic (exact) mass is 218 g/mol. The van der Waals surface area contributed by atoms with Crippen LogP contribution in [0.3, 0.4) is 0 Å². The Hall–Kier alpha value is -1.51. The van der Waals surface area contributed by atoms with Crippen molar-refractivity contribution in [1.82, 2.24) is 5.32 Å². The Bertz CT molecular complexity index is 385. The maximum Gasteiger partial charge on any atom is 0.319 e. The zero-order valence-corrected chi connectivity index (χ0v) is 9.79. The molecule has 0 aromatic heterocycles. The Morgan fingerprint density at radius 2 is 2.19 bits per heavy atom. The van der Waals surface area contributed by atoms with E-state index in [4.69, 9.17) is 0 Å². The minimum atomic E-state index is -0.106. The number of benzene rings is 1. The molecule has 1 saturated carbocycles. The van der Waals surface area contributed by atoms with Gasteiger partial charge < -0.3 is 10.6 Å². The summed E-state index contributed by atoms with van der Waals surface area (Å²) in [5.74, 6) is 0.684. The molecule has 1 aromatic carbocycles. The number of anilines is 1. The lowest BCUT2D eigenvalue weighted by Crippen LogP contribution is -2.37. The Kier molecular flexibility index (Phi) is 3.13. The van der Waals surface area contributed by atoms with Gasteiger partial charge in [0, 0.05) is 11.7 Å².